The van der Waals surface area contributed by atoms with Gasteiger partial charge in [-0.05, 0) is 36.4 Å². The van der Waals surface area contributed by atoms with E-state index in [1.807, 2.05) is 0 Å². The molecule has 1 fully saturated rings. The van der Waals surface area contributed by atoms with Crippen LogP contribution in [0.1, 0.15) is 5.56 Å². The molecule has 0 bridgehead atoms. The lowest BCUT2D eigenvalue weighted by Crippen LogP contribution is -2.43. The summed E-state index contributed by atoms with van der Waals surface area (Å²) < 4.78 is 58.9. The van der Waals surface area contributed by atoms with Crippen LogP contribution in [0, 0.1) is 5.82 Å². The highest BCUT2D eigenvalue weighted by Gasteiger charge is 2.30. The lowest BCUT2D eigenvalue weighted by molar-refractivity contribution is -0.137. The fraction of sp³-hybridized carbons (Fsp3) is 0.192. The molecule has 1 aliphatic rings. The Morgan fingerprint density at radius 2 is 1.71 bits per heavy atom. The third-order valence-corrected chi connectivity index (χ3v) is 5.75. The molecule has 8 nitrogen and oxygen atoms in total. The van der Waals surface area contributed by atoms with Gasteiger partial charge in [0.15, 0.2) is 0 Å². The standard InChI is InChI=1S/C26H22F4N6O2/c27-17-11-19(34-25(37)33-18-3-1-2-16(10-18)26(28,29)30)13-21(12-17)38-20-4-5-22-23(14-20)35-24(15-32-22)36-8-6-31-7-9-36/h1-5,10-15,31H,6-9H2,(H2,33,34,37). The summed E-state index contributed by atoms with van der Waals surface area (Å²) in [4.78, 5) is 23.6. The van der Waals surface area contributed by atoms with Crippen LogP contribution in [0.5, 0.6) is 11.5 Å². The van der Waals surface area contributed by atoms with E-state index in [0.717, 1.165) is 56.3 Å². The fourth-order valence-electron chi connectivity index (χ4n) is 3.99. The number of nitrogens with zero attached hydrogens (tertiary/aromatic N) is 3. The Bertz CT molecular complexity index is 1470. The van der Waals surface area contributed by atoms with Crippen molar-refractivity contribution in [1.82, 2.24) is 15.3 Å². The average Bonchev–Trinajstić information content (AvgIpc) is 2.88. The third-order valence-electron chi connectivity index (χ3n) is 5.75. The predicted octanol–water partition coefficient (Wildman–Crippen LogP) is 5.63. The molecule has 196 valence electrons. The maximum atomic E-state index is 14.3. The monoisotopic (exact) mass is 526 g/mol. The number of piperazine rings is 1. The molecule has 5 rings (SSSR count). The molecule has 4 aromatic rings. The molecule has 12 heteroatoms. The molecule has 1 saturated heterocycles. The highest BCUT2D eigenvalue weighted by molar-refractivity contribution is 5.99. The second kappa shape index (κ2) is 10.5. The van der Waals surface area contributed by atoms with E-state index in [0.29, 0.717) is 16.8 Å². The van der Waals surface area contributed by atoms with E-state index in [4.69, 9.17) is 4.74 Å². The van der Waals surface area contributed by atoms with Gasteiger partial charge in [0.2, 0.25) is 0 Å². The molecule has 0 atom stereocenters. The summed E-state index contributed by atoms with van der Waals surface area (Å²) in [6.07, 6.45) is -2.83. The van der Waals surface area contributed by atoms with Crippen LogP contribution in [0.2, 0.25) is 0 Å². The van der Waals surface area contributed by atoms with Gasteiger partial charge in [0.1, 0.15) is 23.1 Å². The number of hydrogen-bond donors (Lipinski definition) is 3. The van der Waals surface area contributed by atoms with Crippen molar-refractivity contribution < 1.29 is 27.1 Å². The molecule has 0 aliphatic carbocycles. The molecule has 0 saturated carbocycles. The molecule has 3 aromatic carbocycles. The van der Waals surface area contributed by atoms with E-state index in [1.165, 1.54) is 18.2 Å². The first-order valence-electron chi connectivity index (χ1n) is 11.7. The number of halogens is 4. The van der Waals surface area contributed by atoms with E-state index in [-0.39, 0.29) is 17.1 Å². The molecular weight excluding hydrogens is 504 g/mol. The molecule has 1 aromatic heterocycles. The van der Waals surface area contributed by atoms with Crippen molar-refractivity contribution in [1.29, 1.82) is 0 Å². The maximum absolute atomic E-state index is 14.3. The molecule has 0 radical (unpaired) electrons. The van der Waals surface area contributed by atoms with E-state index in [1.54, 1.807) is 24.4 Å². The number of hydrogen-bond acceptors (Lipinski definition) is 6. The Hall–Kier alpha value is -4.45. The highest BCUT2D eigenvalue weighted by atomic mass is 19.4. The zero-order valence-corrected chi connectivity index (χ0v) is 19.8. The van der Waals surface area contributed by atoms with Crippen molar-refractivity contribution in [3.05, 3.63) is 78.2 Å². The smallest absolute Gasteiger partial charge is 0.416 e. The molecule has 0 spiro atoms. The third kappa shape index (κ3) is 6.09. The quantitative estimate of drug-likeness (QED) is 0.292. The van der Waals surface area contributed by atoms with Crippen LogP contribution in [0.15, 0.2) is 66.9 Å². The Morgan fingerprint density at radius 3 is 2.50 bits per heavy atom. The van der Waals surface area contributed by atoms with Gasteiger partial charge in [-0.15, -0.1) is 0 Å². The number of benzene rings is 3. The van der Waals surface area contributed by atoms with Crippen molar-refractivity contribution >= 4 is 34.3 Å². The van der Waals surface area contributed by atoms with E-state index < -0.39 is 23.6 Å². The number of fused-ring (bicyclic) bond motifs is 1. The van der Waals surface area contributed by atoms with Crippen LogP contribution in [-0.4, -0.2) is 42.2 Å². The number of rotatable bonds is 5. The SMILES string of the molecule is O=C(Nc1cc(F)cc(Oc2ccc3ncc(N4CCNCC4)nc3c2)c1)Nc1cccc(C(F)(F)F)c1. The first-order chi connectivity index (χ1) is 18.2. The van der Waals surface area contributed by atoms with Gasteiger partial charge in [0, 0.05) is 55.8 Å². The summed E-state index contributed by atoms with van der Waals surface area (Å²) >= 11 is 0. The van der Waals surface area contributed by atoms with Crippen molar-refractivity contribution in [2.75, 3.05) is 41.7 Å². The van der Waals surface area contributed by atoms with Crippen LogP contribution in [0.3, 0.4) is 0 Å². The minimum atomic E-state index is -4.55. The Kier molecular flexibility index (Phi) is 6.97. The van der Waals surface area contributed by atoms with Gasteiger partial charge in [-0.25, -0.2) is 14.2 Å². The molecule has 1 aliphatic heterocycles. The molecule has 38 heavy (non-hydrogen) atoms. The van der Waals surface area contributed by atoms with Gasteiger partial charge in [-0.3, -0.25) is 4.98 Å². The summed E-state index contributed by atoms with van der Waals surface area (Å²) in [5, 5.41) is 8.00. The number of carbonyl (C=O) groups excluding carboxylic acids is 1. The molecule has 2 amide bonds. The first-order valence-corrected chi connectivity index (χ1v) is 11.7. The number of nitrogens with one attached hydrogen (secondary N) is 3. The van der Waals surface area contributed by atoms with E-state index in [9.17, 15) is 22.4 Å². The van der Waals surface area contributed by atoms with Crippen LogP contribution in [0.4, 0.5) is 39.5 Å². The van der Waals surface area contributed by atoms with Crippen molar-refractivity contribution in [3.8, 4) is 11.5 Å². The summed E-state index contributed by atoms with van der Waals surface area (Å²) in [5.74, 6) is 0.554. The van der Waals surface area contributed by atoms with Crippen molar-refractivity contribution in [2.24, 2.45) is 0 Å². The van der Waals surface area contributed by atoms with Crippen LogP contribution in [-0.2, 0) is 6.18 Å². The molecule has 0 unspecified atom stereocenters. The summed E-state index contributed by atoms with van der Waals surface area (Å²) in [6, 6.07) is 12.0. The van der Waals surface area contributed by atoms with Gasteiger partial charge >= 0.3 is 12.2 Å². The lowest BCUT2D eigenvalue weighted by atomic mass is 10.2. The van der Waals surface area contributed by atoms with Crippen LogP contribution >= 0.6 is 0 Å². The predicted molar refractivity (Wildman–Crippen MR) is 135 cm³/mol. The number of amides is 2. The normalized spacial score (nSPS) is 13.8. The minimum Gasteiger partial charge on any atom is -0.457 e. The molecule has 3 N–H and O–H groups in total. The highest BCUT2D eigenvalue weighted by Crippen LogP contribution is 2.31. The topological polar surface area (TPSA) is 91.4 Å². The van der Waals surface area contributed by atoms with Gasteiger partial charge in [0.25, 0.3) is 0 Å². The average molecular weight is 526 g/mol. The zero-order chi connectivity index (χ0) is 26.7. The Labute approximate surface area is 214 Å². The second-order valence-electron chi connectivity index (χ2n) is 8.55. The number of aromatic nitrogens is 2. The van der Waals surface area contributed by atoms with Gasteiger partial charge in [-0.1, -0.05) is 6.07 Å². The van der Waals surface area contributed by atoms with Gasteiger partial charge < -0.3 is 25.6 Å². The first kappa shape index (κ1) is 25.2. The van der Waals surface area contributed by atoms with Crippen LogP contribution in [0.25, 0.3) is 11.0 Å². The Morgan fingerprint density at radius 1 is 0.921 bits per heavy atom. The number of anilines is 3. The number of urea groups is 1. The zero-order valence-electron chi connectivity index (χ0n) is 19.8. The summed E-state index contributed by atoms with van der Waals surface area (Å²) in [7, 11) is 0. The van der Waals surface area contributed by atoms with E-state index >= 15 is 0 Å². The number of ether oxygens (including phenoxy) is 1. The fourth-order valence-corrected chi connectivity index (χ4v) is 3.99. The largest absolute Gasteiger partial charge is 0.457 e. The van der Waals surface area contributed by atoms with Gasteiger partial charge in [0.05, 0.1) is 22.8 Å². The van der Waals surface area contributed by atoms with Crippen molar-refractivity contribution in [2.45, 2.75) is 6.18 Å². The Balaban J connectivity index is 1.30. The minimum absolute atomic E-state index is 0.0473. The van der Waals surface area contributed by atoms with E-state index in [2.05, 4.69) is 30.8 Å². The second-order valence-corrected chi connectivity index (χ2v) is 8.55. The maximum Gasteiger partial charge on any atom is 0.416 e. The van der Waals surface area contributed by atoms with Gasteiger partial charge in [-0.2, -0.15) is 13.2 Å². The molecular formula is C26H22F4N6O2. The number of carbonyl (C=O) groups is 1. The number of alkyl halides is 3. The lowest BCUT2D eigenvalue weighted by Gasteiger charge is -2.28. The van der Waals surface area contributed by atoms with Crippen molar-refractivity contribution in [3.63, 3.8) is 0 Å². The van der Waals surface area contributed by atoms with Crippen LogP contribution < -0.4 is 25.6 Å². The summed E-state index contributed by atoms with van der Waals surface area (Å²) in [6.45, 7) is 3.35. The summed E-state index contributed by atoms with van der Waals surface area (Å²) in [5.41, 5.74) is 0.350. The molecule has 2 heterocycles.